The highest BCUT2D eigenvalue weighted by atomic mass is 16.6. The summed E-state index contributed by atoms with van der Waals surface area (Å²) in [6.45, 7) is 11.4. The van der Waals surface area contributed by atoms with Gasteiger partial charge in [-0.3, -0.25) is 0 Å². The summed E-state index contributed by atoms with van der Waals surface area (Å²) in [5.41, 5.74) is -0.0830. The molecule has 37 heavy (non-hydrogen) atoms. The van der Waals surface area contributed by atoms with Crippen LogP contribution in [0.2, 0.25) is 0 Å². The van der Waals surface area contributed by atoms with Crippen LogP contribution in [0.15, 0.2) is 42.1 Å². The largest absolute Gasteiger partial charge is 0.457 e. The molecule has 0 bridgehead atoms. The Labute approximate surface area is 220 Å². The molecule has 0 spiro atoms. The minimum Gasteiger partial charge on any atom is -0.457 e. The quantitative estimate of drug-likeness (QED) is 0.369. The Kier molecular flexibility index (Phi) is 9.42. The van der Waals surface area contributed by atoms with Gasteiger partial charge in [0.25, 0.3) is 0 Å². The molecule has 8 nitrogen and oxygen atoms in total. The maximum atomic E-state index is 12.9. The van der Waals surface area contributed by atoms with E-state index in [0.717, 1.165) is 5.57 Å². The maximum absolute atomic E-state index is 12.9. The van der Waals surface area contributed by atoms with Crippen molar-refractivity contribution >= 4 is 11.9 Å². The van der Waals surface area contributed by atoms with Crippen molar-refractivity contribution in [3.63, 3.8) is 0 Å². The van der Waals surface area contributed by atoms with Gasteiger partial charge < -0.3 is 29.4 Å². The second kappa shape index (κ2) is 12.0. The summed E-state index contributed by atoms with van der Waals surface area (Å²) in [4.78, 5) is 28.5. The summed E-state index contributed by atoms with van der Waals surface area (Å²) >= 11 is 0. The molecule has 0 amide bonds. The van der Waals surface area contributed by atoms with Gasteiger partial charge in [-0.05, 0) is 62.1 Å². The van der Waals surface area contributed by atoms with Crippen LogP contribution < -0.4 is 0 Å². The zero-order valence-corrected chi connectivity index (χ0v) is 23.0. The van der Waals surface area contributed by atoms with E-state index in [-0.39, 0.29) is 42.1 Å². The second-order valence-corrected chi connectivity index (χ2v) is 11.2. The number of aliphatic hydroxyl groups excluding tert-OH is 1. The number of methoxy groups -OCH3 is 1. The van der Waals surface area contributed by atoms with Crippen LogP contribution in [0.1, 0.15) is 64.9 Å². The predicted octanol–water partition coefficient (Wildman–Crippen LogP) is 4.05. The van der Waals surface area contributed by atoms with E-state index in [2.05, 4.69) is 11.1 Å². The number of H-pyrrole nitrogens is 1. The number of nitrogens with one attached hydrogen (secondary N) is 1. The van der Waals surface area contributed by atoms with Gasteiger partial charge in [-0.1, -0.05) is 45.9 Å². The van der Waals surface area contributed by atoms with Crippen molar-refractivity contribution in [2.45, 2.75) is 84.4 Å². The Bertz CT molecular complexity index is 982. The van der Waals surface area contributed by atoms with Crippen LogP contribution in [0.25, 0.3) is 0 Å². The number of aromatic nitrogens is 1. The smallest absolute Gasteiger partial charge is 0.355 e. The van der Waals surface area contributed by atoms with Gasteiger partial charge >= 0.3 is 11.9 Å². The van der Waals surface area contributed by atoms with Crippen LogP contribution in [0.5, 0.6) is 0 Å². The number of ether oxygens (including phenoxy) is 3. The van der Waals surface area contributed by atoms with Gasteiger partial charge in [0.1, 0.15) is 17.9 Å². The molecule has 1 aromatic rings. The monoisotopic (exact) mass is 517 g/mol. The maximum Gasteiger partial charge on any atom is 0.355 e. The van der Waals surface area contributed by atoms with E-state index in [1.165, 1.54) is 7.11 Å². The van der Waals surface area contributed by atoms with Crippen molar-refractivity contribution in [2.24, 2.45) is 29.6 Å². The fourth-order valence-electron chi connectivity index (χ4n) is 5.85. The van der Waals surface area contributed by atoms with Crippen molar-refractivity contribution < 1.29 is 34.0 Å². The molecule has 2 aliphatic rings. The number of hydrogen-bond donors (Lipinski definition) is 3. The molecule has 206 valence electrons. The molecule has 3 rings (SSSR count). The molecule has 1 aliphatic heterocycles. The van der Waals surface area contributed by atoms with Gasteiger partial charge in [0.05, 0.1) is 11.7 Å². The Morgan fingerprint density at radius 1 is 1.24 bits per heavy atom. The number of hydrogen-bond acceptors (Lipinski definition) is 7. The number of cyclic esters (lactones) is 1. The number of fused-ring (bicyclic) bond motifs is 1. The number of aromatic amines is 1. The summed E-state index contributed by atoms with van der Waals surface area (Å²) in [5, 5.41) is 22.5. The first-order valence-corrected chi connectivity index (χ1v) is 13.2. The molecule has 0 aromatic carbocycles. The molecule has 9 atom stereocenters. The summed E-state index contributed by atoms with van der Waals surface area (Å²) in [7, 11) is 1.45. The van der Waals surface area contributed by atoms with Crippen molar-refractivity contribution in [3.05, 3.63) is 47.8 Å². The third-order valence-electron chi connectivity index (χ3n) is 8.12. The van der Waals surface area contributed by atoms with Crippen molar-refractivity contribution in [1.82, 2.24) is 4.98 Å². The molecule has 0 unspecified atom stereocenters. The van der Waals surface area contributed by atoms with Gasteiger partial charge in [0.2, 0.25) is 0 Å². The molecule has 1 aromatic heterocycles. The van der Waals surface area contributed by atoms with Crippen LogP contribution >= 0.6 is 0 Å². The van der Waals surface area contributed by atoms with E-state index < -0.39 is 35.9 Å². The van der Waals surface area contributed by atoms with Crippen molar-refractivity contribution in [3.8, 4) is 0 Å². The zero-order valence-electron chi connectivity index (χ0n) is 23.0. The highest BCUT2D eigenvalue weighted by Gasteiger charge is 2.47. The molecule has 3 N–H and O–H groups in total. The highest BCUT2D eigenvalue weighted by molar-refractivity contribution is 5.87. The minimum atomic E-state index is -1.25. The summed E-state index contributed by atoms with van der Waals surface area (Å²) < 4.78 is 17.0. The lowest BCUT2D eigenvalue weighted by Crippen LogP contribution is -2.49. The van der Waals surface area contributed by atoms with E-state index >= 15 is 0 Å². The number of esters is 2. The number of rotatable bonds is 7. The van der Waals surface area contributed by atoms with E-state index in [0.29, 0.717) is 12.1 Å². The van der Waals surface area contributed by atoms with E-state index in [1.54, 1.807) is 25.3 Å². The predicted molar refractivity (Wildman–Crippen MR) is 140 cm³/mol. The van der Waals surface area contributed by atoms with E-state index in [4.69, 9.17) is 14.2 Å². The number of aliphatic hydroxyl groups is 2. The van der Waals surface area contributed by atoms with Crippen molar-refractivity contribution in [1.29, 1.82) is 0 Å². The lowest BCUT2D eigenvalue weighted by Gasteiger charge is -2.45. The Balaban J connectivity index is 1.93. The summed E-state index contributed by atoms with van der Waals surface area (Å²) in [5.74, 6) is -1.73. The molecule has 0 saturated carbocycles. The van der Waals surface area contributed by atoms with Gasteiger partial charge in [0, 0.05) is 25.1 Å². The van der Waals surface area contributed by atoms with Gasteiger partial charge in [0.15, 0.2) is 6.10 Å². The van der Waals surface area contributed by atoms with Crippen LogP contribution in [0.4, 0.5) is 0 Å². The number of carbonyl (C=O) groups excluding carboxylic acids is 2. The topological polar surface area (TPSA) is 118 Å². The van der Waals surface area contributed by atoms with Crippen LogP contribution in [0.3, 0.4) is 0 Å². The number of allylic oxidation sites excluding steroid dienone is 1. The first-order valence-electron chi connectivity index (χ1n) is 13.2. The molecule has 0 fully saturated rings. The molecule has 8 heteroatoms. The SMILES string of the molecule is CO[C@H]1C[C@H]2C=C[C@@H]([C@@H](C)[C@H](OC(=O)c3ccc[nH]3)C(C)C)C[C@]2(O)/C(C)=C/[C@@H](C)[C@@H]([C@@H](C)O)OC1=O. The fraction of sp³-hybridized carbons (Fsp3) is 0.655. The van der Waals surface area contributed by atoms with Crippen LogP contribution in [0, 0.1) is 29.6 Å². The Morgan fingerprint density at radius 2 is 1.95 bits per heavy atom. The lowest BCUT2D eigenvalue weighted by molar-refractivity contribution is -0.171. The van der Waals surface area contributed by atoms with Crippen LogP contribution in [-0.4, -0.2) is 64.3 Å². The van der Waals surface area contributed by atoms with Gasteiger partial charge in [-0.15, -0.1) is 0 Å². The van der Waals surface area contributed by atoms with Crippen LogP contribution in [-0.2, 0) is 19.0 Å². The molecular weight excluding hydrogens is 474 g/mol. The summed E-state index contributed by atoms with van der Waals surface area (Å²) in [6.07, 6.45) is 5.38. The molecule has 0 saturated heterocycles. The van der Waals surface area contributed by atoms with Gasteiger partial charge in [-0.2, -0.15) is 0 Å². The molecule has 0 radical (unpaired) electrons. The second-order valence-electron chi connectivity index (χ2n) is 11.2. The fourth-order valence-corrected chi connectivity index (χ4v) is 5.85. The molecule has 2 heterocycles. The Morgan fingerprint density at radius 3 is 2.51 bits per heavy atom. The standard InChI is InChI=1S/C29H43NO7/c1-16(2)25(36-27(32)23-9-8-12-30-23)19(5)21-10-11-22-14-24(35-7)28(33)37-26(20(6)31)17(3)13-18(4)29(22,34)15-21/h8-13,16-17,19-22,24-26,30-31,34H,14-15H2,1-7H3/b18-13+/t17-,19-,20-,21-,22-,24+,25-,26+,29+/m1/s1. The normalized spacial score (nSPS) is 34.5. The third kappa shape index (κ3) is 6.36. The lowest BCUT2D eigenvalue weighted by atomic mass is 9.65. The zero-order chi connectivity index (χ0) is 27.5. The summed E-state index contributed by atoms with van der Waals surface area (Å²) in [6, 6.07) is 3.44. The number of carbonyl (C=O) groups is 2. The average molecular weight is 518 g/mol. The first-order chi connectivity index (χ1) is 17.4. The van der Waals surface area contributed by atoms with Gasteiger partial charge in [-0.25, -0.2) is 9.59 Å². The Hall–Kier alpha value is -2.42. The van der Waals surface area contributed by atoms with Crippen molar-refractivity contribution in [2.75, 3.05) is 7.11 Å². The highest BCUT2D eigenvalue weighted by Crippen LogP contribution is 2.45. The third-order valence-corrected chi connectivity index (χ3v) is 8.12. The minimum absolute atomic E-state index is 0.0647. The van der Waals surface area contributed by atoms with E-state index in [1.807, 2.05) is 46.8 Å². The molecular formula is C29H43NO7. The van der Waals surface area contributed by atoms with E-state index in [9.17, 15) is 19.8 Å². The first kappa shape index (κ1) is 29.1. The average Bonchev–Trinajstić information content (AvgIpc) is 3.38. The molecule has 1 aliphatic carbocycles.